The number of carbonyl (C=O) groups excluding carboxylic acids is 1. The van der Waals surface area contributed by atoms with Gasteiger partial charge in [-0.2, -0.15) is 0 Å². The van der Waals surface area contributed by atoms with Crippen molar-refractivity contribution in [3.05, 3.63) is 29.8 Å². The molecule has 0 bridgehead atoms. The van der Waals surface area contributed by atoms with Crippen LogP contribution in [0.15, 0.2) is 24.3 Å². The van der Waals surface area contributed by atoms with Gasteiger partial charge in [-0.05, 0) is 25.5 Å². The molecular formula is C11H15NO3. The van der Waals surface area contributed by atoms with Gasteiger partial charge < -0.3 is 15.2 Å². The van der Waals surface area contributed by atoms with Crippen molar-refractivity contribution < 1.29 is 14.6 Å². The van der Waals surface area contributed by atoms with Crippen LogP contribution in [0, 0.1) is 6.92 Å². The van der Waals surface area contributed by atoms with E-state index in [1.165, 1.54) is 0 Å². The number of ether oxygens (including phenoxy) is 1. The molecule has 4 nitrogen and oxygen atoms in total. The van der Waals surface area contributed by atoms with Crippen molar-refractivity contribution in [2.45, 2.75) is 13.3 Å². The molecular weight excluding hydrogens is 194 g/mol. The molecule has 1 rings (SSSR count). The van der Waals surface area contributed by atoms with E-state index in [1.54, 1.807) is 12.1 Å². The molecule has 0 radical (unpaired) electrons. The first-order valence-corrected chi connectivity index (χ1v) is 4.85. The second kappa shape index (κ2) is 6.03. The van der Waals surface area contributed by atoms with Crippen LogP contribution in [0.1, 0.15) is 12.0 Å². The third-order valence-electron chi connectivity index (χ3n) is 1.84. The Hall–Kier alpha value is -1.55. The molecule has 1 amide bonds. The van der Waals surface area contributed by atoms with Crippen molar-refractivity contribution >= 4 is 6.09 Å². The minimum absolute atomic E-state index is 0.0603. The highest BCUT2D eigenvalue weighted by molar-refractivity contribution is 5.70. The Kier molecular flexibility index (Phi) is 4.63. The smallest absolute Gasteiger partial charge is 0.410 e. The van der Waals surface area contributed by atoms with Crippen LogP contribution < -0.4 is 10.1 Å². The van der Waals surface area contributed by atoms with Gasteiger partial charge >= 0.3 is 6.09 Å². The molecule has 0 heterocycles. The molecule has 4 heteroatoms. The summed E-state index contributed by atoms with van der Waals surface area (Å²) in [6.45, 7) is 2.44. The van der Waals surface area contributed by atoms with Crippen molar-refractivity contribution in [3.63, 3.8) is 0 Å². The third kappa shape index (κ3) is 4.46. The molecule has 0 atom stereocenters. The number of aryl methyl sites for hydroxylation is 1. The van der Waals surface area contributed by atoms with Crippen molar-refractivity contribution in [3.8, 4) is 5.75 Å². The van der Waals surface area contributed by atoms with E-state index in [1.807, 2.05) is 19.1 Å². The summed E-state index contributed by atoms with van der Waals surface area (Å²) in [5, 5.41) is 11.0. The number of rotatable bonds is 4. The van der Waals surface area contributed by atoms with Crippen LogP contribution in [0.25, 0.3) is 0 Å². The molecule has 0 saturated heterocycles. The fraction of sp³-hybridized carbons (Fsp3) is 0.364. The fourth-order valence-electron chi connectivity index (χ4n) is 1.02. The number of hydrogen-bond donors (Lipinski definition) is 2. The van der Waals surface area contributed by atoms with E-state index >= 15 is 0 Å². The summed E-state index contributed by atoms with van der Waals surface area (Å²) in [6.07, 6.45) is 0.0375. The van der Waals surface area contributed by atoms with Crippen molar-refractivity contribution in [2.75, 3.05) is 13.2 Å². The summed E-state index contributed by atoms with van der Waals surface area (Å²) in [5.74, 6) is 0.516. The largest absolute Gasteiger partial charge is 0.412 e. The molecule has 2 N–H and O–H groups in total. The maximum atomic E-state index is 11.2. The zero-order valence-electron chi connectivity index (χ0n) is 8.69. The molecule has 0 fully saturated rings. The normalized spacial score (nSPS) is 9.73. The number of aliphatic hydroxyl groups excluding tert-OH is 1. The summed E-state index contributed by atoms with van der Waals surface area (Å²) in [5.41, 5.74) is 1.11. The number of amides is 1. The number of nitrogens with one attached hydrogen (secondary N) is 1. The summed E-state index contributed by atoms with van der Waals surface area (Å²) < 4.78 is 4.98. The van der Waals surface area contributed by atoms with Gasteiger partial charge in [0.25, 0.3) is 0 Å². The van der Waals surface area contributed by atoms with E-state index in [0.717, 1.165) is 5.56 Å². The van der Waals surface area contributed by atoms with Crippen LogP contribution in [0.3, 0.4) is 0 Å². The van der Waals surface area contributed by atoms with E-state index in [0.29, 0.717) is 18.7 Å². The number of benzene rings is 1. The Balaban J connectivity index is 2.34. The Labute approximate surface area is 88.9 Å². The van der Waals surface area contributed by atoms with Crippen LogP contribution in [0.2, 0.25) is 0 Å². The standard InChI is InChI=1S/C11H15NO3/c1-9-3-5-10(6-4-9)15-11(14)12-7-2-8-13/h3-6,13H,2,7-8H2,1H3,(H,12,14). The van der Waals surface area contributed by atoms with E-state index in [2.05, 4.69) is 5.32 Å². The Bertz CT molecular complexity index is 308. The van der Waals surface area contributed by atoms with Gasteiger partial charge in [0.2, 0.25) is 0 Å². The zero-order valence-corrected chi connectivity index (χ0v) is 8.69. The van der Waals surface area contributed by atoms with E-state index in [4.69, 9.17) is 9.84 Å². The van der Waals surface area contributed by atoms with Crippen LogP contribution in [-0.4, -0.2) is 24.4 Å². The van der Waals surface area contributed by atoms with Crippen LogP contribution in [0.4, 0.5) is 4.79 Å². The summed E-state index contributed by atoms with van der Waals surface area (Å²) >= 11 is 0. The van der Waals surface area contributed by atoms with Crippen LogP contribution >= 0.6 is 0 Å². The quantitative estimate of drug-likeness (QED) is 0.738. The third-order valence-corrected chi connectivity index (χ3v) is 1.84. The maximum Gasteiger partial charge on any atom is 0.412 e. The first-order valence-electron chi connectivity index (χ1n) is 4.85. The van der Waals surface area contributed by atoms with Crippen molar-refractivity contribution in [2.24, 2.45) is 0 Å². The van der Waals surface area contributed by atoms with E-state index < -0.39 is 6.09 Å². The molecule has 1 aromatic rings. The SMILES string of the molecule is Cc1ccc(OC(=O)NCCCO)cc1. The molecule has 0 spiro atoms. The predicted octanol–water partition coefficient (Wildman–Crippen LogP) is 1.47. The molecule has 1 aromatic carbocycles. The lowest BCUT2D eigenvalue weighted by molar-refractivity contribution is 0.199. The molecule has 82 valence electrons. The minimum atomic E-state index is -0.493. The summed E-state index contributed by atoms with van der Waals surface area (Å²) in [6, 6.07) is 7.22. The highest BCUT2D eigenvalue weighted by Gasteiger charge is 2.02. The molecule has 0 saturated carbocycles. The average Bonchev–Trinajstić information content (AvgIpc) is 2.22. The zero-order chi connectivity index (χ0) is 11.1. The minimum Gasteiger partial charge on any atom is -0.410 e. The van der Waals surface area contributed by atoms with Gasteiger partial charge in [-0.25, -0.2) is 4.79 Å². The van der Waals surface area contributed by atoms with E-state index in [-0.39, 0.29) is 6.61 Å². The van der Waals surface area contributed by atoms with Gasteiger partial charge in [-0.3, -0.25) is 0 Å². The molecule has 0 aliphatic heterocycles. The maximum absolute atomic E-state index is 11.2. The van der Waals surface area contributed by atoms with Gasteiger partial charge in [-0.15, -0.1) is 0 Å². The first kappa shape index (κ1) is 11.5. The highest BCUT2D eigenvalue weighted by atomic mass is 16.6. The predicted molar refractivity (Wildman–Crippen MR) is 56.9 cm³/mol. The average molecular weight is 209 g/mol. The van der Waals surface area contributed by atoms with Crippen LogP contribution in [0.5, 0.6) is 5.75 Å². The molecule has 15 heavy (non-hydrogen) atoms. The van der Waals surface area contributed by atoms with Crippen molar-refractivity contribution in [1.29, 1.82) is 0 Å². The van der Waals surface area contributed by atoms with Gasteiger partial charge in [0.15, 0.2) is 0 Å². The fourth-order valence-corrected chi connectivity index (χ4v) is 1.02. The lowest BCUT2D eigenvalue weighted by Gasteiger charge is -2.05. The van der Waals surface area contributed by atoms with Crippen LogP contribution in [-0.2, 0) is 0 Å². The monoisotopic (exact) mass is 209 g/mol. The van der Waals surface area contributed by atoms with Gasteiger partial charge in [-0.1, -0.05) is 17.7 Å². The van der Waals surface area contributed by atoms with Gasteiger partial charge in [0.1, 0.15) is 5.75 Å². The Morgan fingerprint density at radius 1 is 1.40 bits per heavy atom. The molecule has 0 aliphatic carbocycles. The van der Waals surface area contributed by atoms with E-state index in [9.17, 15) is 4.79 Å². The Morgan fingerprint density at radius 3 is 2.67 bits per heavy atom. The first-order chi connectivity index (χ1) is 7.22. The van der Waals surface area contributed by atoms with Crippen molar-refractivity contribution in [1.82, 2.24) is 5.32 Å². The summed E-state index contributed by atoms with van der Waals surface area (Å²) in [7, 11) is 0. The lowest BCUT2D eigenvalue weighted by atomic mass is 10.2. The number of hydrogen-bond acceptors (Lipinski definition) is 3. The second-order valence-electron chi connectivity index (χ2n) is 3.21. The lowest BCUT2D eigenvalue weighted by Crippen LogP contribution is -2.28. The molecule has 0 aromatic heterocycles. The van der Waals surface area contributed by atoms with Gasteiger partial charge in [0.05, 0.1) is 0 Å². The Morgan fingerprint density at radius 2 is 2.07 bits per heavy atom. The number of carbonyl (C=O) groups is 1. The molecule has 0 unspecified atom stereocenters. The highest BCUT2D eigenvalue weighted by Crippen LogP contribution is 2.11. The molecule has 0 aliphatic rings. The second-order valence-corrected chi connectivity index (χ2v) is 3.21. The number of aliphatic hydroxyl groups is 1. The summed E-state index contributed by atoms with van der Waals surface area (Å²) in [4.78, 5) is 11.2. The van der Waals surface area contributed by atoms with Gasteiger partial charge in [0, 0.05) is 13.2 Å². The topological polar surface area (TPSA) is 58.6 Å².